The molecule has 3 aromatic carbocycles. The number of carbonyl (C=O) groups excluding carboxylic acids is 2. The smallest absolute Gasteiger partial charge is 0.310 e. The Kier molecular flexibility index (Phi) is 11.9. The molecule has 3 aromatic rings. The van der Waals surface area contributed by atoms with Crippen molar-refractivity contribution in [3.63, 3.8) is 0 Å². The molecule has 0 bridgehead atoms. The molecule has 0 spiro atoms. The zero-order valence-corrected chi connectivity index (χ0v) is 27.6. The minimum atomic E-state index is -0.606. The van der Waals surface area contributed by atoms with E-state index in [9.17, 15) is 9.59 Å². The average molecular weight is 717 g/mol. The number of ether oxygens (including phenoxy) is 6. The predicted octanol–water partition coefficient (Wildman–Crippen LogP) is 6.87. The van der Waals surface area contributed by atoms with Crippen molar-refractivity contribution in [2.75, 3.05) is 34.7 Å². The van der Waals surface area contributed by atoms with Gasteiger partial charge < -0.3 is 36.3 Å². The highest BCUT2D eigenvalue weighted by Crippen LogP contribution is 2.46. The third-order valence-electron chi connectivity index (χ3n) is 7.76. The molecule has 3 atom stereocenters. The normalized spacial score (nSPS) is 18.3. The Hall–Kier alpha value is -3.77. The Morgan fingerprint density at radius 2 is 1.68 bits per heavy atom. The van der Waals surface area contributed by atoms with Gasteiger partial charge in [-0.25, -0.2) is 0 Å². The second kappa shape index (κ2) is 15.8. The monoisotopic (exact) mass is 716 g/mol. The number of benzene rings is 3. The number of esters is 1. The van der Waals surface area contributed by atoms with Gasteiger partial charge in [-0.05, 0) is 72.4 Å². The van der Waals surface area contributed by atoms with Crippen molar-refractivity contribution in [1.82, 2.24) is 0 Å². The van der Waals surface area contributed by atoms with Crippen molar-refractivity contribution in [3.8, 4) is 28.7 Å². The molecule has 10 heteroatoms. The van der Waals surface area contributed by atoms with E-state index in [-0.39, 0.29) is 31.0 Å². The van der Waals surface area contributed by atoms with Gasteiger partial charge in [0.1, 0.15) is 12.4 Å². The summed E-state index contributed by atoms with van der Waals surface area (Å²) in [6.45, 7) is 4.40. The number of fused-ring (bicyclic) bond motifs is 2. The van der Waals surface area contributed by atoms with E-state index in [1.807, 2.05) is 74.5 Å². The molecule has 0 saturated heterocycles. The van der Waals surface area contributed by atoms with Crippen LogP contribution in [0.5, 0.6) is 28.7 Å². The van der Waals surface area contributed by atoms with E-state index in [1.165, 1.54) is 0 Å². The molecule has 234 valence electrons. The molecule has 1 heterocycles. The van der Waals surface area contributed by atoms with Crippen LogP contribution in [0.1, 0.15) is 41.7 Å². The standard InChI is InChI=1S/C26H28O6.C8H9IO3/c1-4-17(20-8-6-5-7-16(20)2)11-25(28)32-26-21-12-24-23(30-15-31-24)10-18(21)9-19(13-27)22(26)14-29-3;1-10-6-4-3-5-7(11-2)8(6)12-9/h4-8,10,12-13,19,22,26H,9,11,14-15H2,1-3H3;3-5H,1-2H3/b17-4-;/t19-,22?,26?;/m0./s1. The van der Waals surface area contributed by atoms with Crippen LogP contribution in [-0.4, -0.2) is 47.0 Å². The Balaban J connectivity index is 0.000000309. The van der Waals surface area contributed by atoms with Crippen molar-refractivity contribution in [1.29, 1.82) is 0 Å². The summed E-state index contributed by atoms with van der Waals surface area (Å²) >= 11 is 1.79. The number of hydrogen-bond acceptors (Lipinski definition) is 9. The molecular formula is C34H37IO9. The quantitative estimate of drug-likeness (QED) is 0.127. The number of para-hydroxylation sites is 1. The molecule has 0 aromatic heterocycles. The highest BCUT2D eigenvalue weighted by molar-refractivity contribution is 14.1. The zero-order valence-electron chi connectivity index (χ0n) is 25.5. The SMILES string of the molecule is C/C=C(/CC(=O)OC1c2cc3c(cc2C[C@@H](C=O)C1COC)OCO3)c1ccccc1C.COc1cccc(OC)c1OI. The summed E-state index contributed by atoms with van der Waals surface area (Å²) in [5, 5.41) is 0. The van der Waals surface area contributed by atoms with Crippen LogP contribution in [0.25, 0.3) is 5.57 Å². The Morgan fingerprint density at radius 3 is 2.27 bits per heavy atom. The summed E-state index contributed by atoms with van der Waals surface area (Å²) < 4.78 is 37.7. The van der Waals surface area contributed by atoms with Gasteiger partial charge in [-0.1, -0.05) is 36.4 Å². The van der Waals surface area contributed by atoms with Gasteiger partial charge in [-0.2, -0.15) is 0 Å². The first-order valence-corrected chi connectivity index (χ1v) is 15.0. The summed E-state index contributed by atoms with van der Waals surface area (Å²) in [7, 11) is 4.77. The third kappa shape index (κ3) is 7.47. The van der Waals surface area contributed by atoms with Crippen LogP contribution in [0.3, 0.4) is 0 Å². The van der Waals surface area contributed by atoms with Crippen LogP contribution in [0.2, 0.25) is 0 Å². The van der Waals surface area contributed by atoms with E-state index in [0.717, 1.165) is 34.1 Å². The molecule has 0 N–H and O–H groups in total. The molecule has 2 aliphatic rings. The molecule has 5 rings (SSSR count). The maximum atomic E-state index is 13.1. The lowest BCUT2D eigenvalue weighted by Crippen LogP contribution is -2.36. The Bertz CT molecular complexity index is 1460. The average Bonchev–Trinajstić information content (AvgIpc) is 3.51. The van der Waals surface area contributed by atoms with Crippen molar-refractivity contribution in [2.24, 2.45) is 11.8 Å². The van der Waals surface area contributed by atoms with Crippen LogP contribution < -0.4 is 22.0 Å². The van der Waals surface area contributed by atoms with Crippen LogP contribution in [0.15, 0.2) is 60.7 Å². The second-order valence-electron chi connectivity index (χ2n) is 10.3. The largest absolute Gasteiger partial charge is 0.493 e. The van der Waals surface area contributed by atoms with Crippen molar-refractivity contribution >= 4 is 40.8 Å². The van der Waals surface area contributed by atoms with Gasteiger partial charge in [0.05, 0.1) is 27.2 Å². The lowest BCUT2D eigenvalue weighted by Gasteiger charge is -2.36. The number of allylic oxidation sites excluding steroid dienone is 1. The van der Waals surface area contributed by atoms with Crippen LogP contribution in [0, 0.1) is 18.8 Å². The summed E-state index contributed by atoms with van der Waals surface area (Å²) in [4.78, 5) is 25.0. The van der Waals surface area contributed by atoms with E-state index in [4.69, 9.17) is 31.5 Å². The van der Waals surface area contributed by atoms with Crippen molar-refractivity contribution in [3.05, 3.63) is 82.9 Å². The number of methoxy groups -OCH3 is 3. The van der Waals surface area contributed by atoms with E-state index in [0.29, 0.717) is 41.8 Å². The fourth-order valence-corrected chi connectivity index (χ4v) is 5.96. The van der Waals surface area contributed by atoms with Crippen LogP contribution >= 0.6 is 23.0 Å². The molecule has 0 amide bonds. The van der Waals surface area contributed by atoms with Gasteiger partial charge >= 0.3 is 5.97 Å². The summed E-state index contributed by atoms with van der Waals surface area (Å²) in [6.07, 6.45) is 2.95. The molecule has 9 nitrogen and oxygen atoms in total. The minimum absolute atomic E-state index is 0.142. The first-order chi connectivity index (χ1) is 21.4. The summed E-state index contributed by atoms with van der Waals surface area (Å²) in [5.74, 6) is 2.29. The van der Waals surface area contributed by atoms with Crippen LogP contribution in [0.4, 0.5) is 0 Å². The topological polar surface area (TPSA) is 98.8 Å². The predicted molar refractivity (Wildman–Crippen MR) is 174 cm³/mol. The van der Waals surface area contributed by atoms with Crippen molar-refractivity contribution in [2.45, 2.75) is 32.8 Å². The summed E-state index contributed by atoms with van der Waals surface area (Å²) in [5.41, 5.74) is 4.81. The number of hydrogen-bond donors (Lipinski definition) is 0. The minimum Gasteiger partial charge on any atom is -0.493 e. The summed E-state index contributed by atoms with van der Waals surface area (Å²) in [6, 6.07) is 17.2. The number of rotatable bonds is 10. The third-order valence-corrected chi connectivity index (χ3v) is 8.20. The Labute approximate surface area is 272 Å². The maximum Gasteiger partial charge on any atom is 0.310 e. The second-order valence-corrected chi connectivity index (χ2v) is 10.8. The number of aldehydes is 1. The fourth-order valence-electron chi connectivity index (χ4n) is 5.52. The lowest BCUT2D eigenvalue weighted by molar-refractivity contribution is -0.155. The van der Waals surface area contributed by atoms with Crippen molar-refractivity contribution < 1.29 is 41.1 Å². The van der Waals surface area contributed by atoms with E-state index in [2.05, 4.69) is 0 Å². The number of aryl methyl sites for hydroxylation is 1. The fraction of sp³-hybridized carbons (Fsp3) is 0.353. The van der Waals surface area contributed by atoms with Crippen LogP contribution in [-0.2, 0) is 25.5 Å². The van der Waals surface area contributed by atoms with Gasteiger partial charge in [0, 0.05) is 18.9 Å². The molecule has 0 saturated carbocycles. The molecule has 1 aliphatic heterocycles. The number of carbonyl (C=O) groups is 2. The highest BCUT2D eigenvalue weighted by Gasteiger charge is 2.40. The van der Waals surface area contributed by atoms with Gasteiger partial charge in [0.2, 0.25) is 12.5 Å². The number of halogens is 1. The van der Waals surface area contributed by atoms with E-state index >= 15 is 0 Å². The highest BCUT2D eigenvalue weighted by atomic mass is 127. The van der Waals surface area contributed by atoms with Gasteiger partial charge in [0.15, 0.2) is 46.0 Å². The molecular weight excluding hydrogens is 679 g/mol. The first kappa shape index (κ1) is 33.1. The molecule has 2 unspecified atom stereocenters. The van der Waals surface area contributed by atoms with Gasteiger partial charge in [-0.15, -0.1) is 0 Å². The van der Waals surface area contributed by atoms with E-state index < -0.39 is 6.10 Å². The first-order valence-electron chi connectivity index (χ1n) is 14.2. The maximum absolute atomic E-state index is 13.1. The van der Waals surface area contributed by atoms with Gasteiger partial charge in [0.25, 0.3) is 0 Å². The molecule has 44 heavy (non-hydrogen) atoms. The zero-order chi connectivity index (χ0) is 31.6. The lowest BCUT2D eigenvalue weighted by atomic mass is 9.74. The molecule has 0 fully saturated rings. The van der Waals surface area contributed by atoms with Gasteiger partial charge in [-0.3, -0.25) is 4.79 Å². The Morgan fingerprint density at radius 1 is 1.00 bits per heavy atom. The molecule has 0 radical (unpaired) electrons. The molecule has 1 aliphatic carbocycles. The van der Waals surface area contributed by atoms with E-state index in [1.54, 1.807) is 44.3 Å².